The van der Waals surface area contributed by atoms with Gasteiger partial charge >= 0.3 is 0 Å². The topological polar surface area (TPSA) is 80.0 Å². The van der Waals surface area contributed by atoms with Gasteiger partial charge in [-0.3, -0.25) is 9.36 Å². The summed E-state index contributed by atoms with van der Waals surface area (Å²) < 4.78 is 1.92. The molecule has 0 atom stereocenters. The number of hydrogen-bond acceptors (Lipinski definition) is 7. The Kier molecular flexibility index (Phi) is 6.74. The van der Waals surface area contributed by atoms with Gasteiger partial charge in [0.15, 0.2) is 5.16 Å². The second-order valence-corrected chi connectivity index (χ2v) is 9.30. The zero-order chi connectivity index (χ0) is 22.7. The molecule has 1 aliphatic heterocycles. The number of hydrogen-bond donors (Lipinski definition) is 0. The summed E-state index contributed by atoms with van der Waals surface area (Å²) in [5.41, 5.74) is 3.17. The Morgan fingerprint density at radius 2 is 1.78 bits per heavy atom. The molecule has 0 bridgehead atoms. The highest BCUT2D eigenvalue weighted by atomic mass is 32.2. The van der Waals surface area contributed by atoms with Crippen molar-refractivity contribution in [3.63, 3.8) is 0 Å². The van der Waals surface area contributed by atoms with Crippen LogP contribution in [0.15, 0.2) is 41.8 Å². The molecular weight excluding hydrogens is 422 g/mol. The Hall–Kier alpha value is -2.94. The predicted molar refractivity (Wildman–Crippen MR) is 126 cm³/mol. The number of carbonyl (C=O) groups excluding carboxylic acids is 1. The van der Waals surface area contributed by atoms with Crippen LogP contribution in [0, 0.1) is 13.8 Å². The lowest BCUT2D eigenvalue weighted by Gasteiger charge is -2.35. The largest absolute Gasteiger partial charge is 0.353 e. The molecule has 1 fully saturated rings. The van der Waals surface area contributed by atoms with E-state index in [1.54, 1.807) is 6.33 Å². The van der Waals surface area contributed by atoms with E-state index in [1.807, 2.05) is 34.6 Å². The number of aryl methyl sites for hydroxylation is 2. The Morgan fingerprint density at radius 1 is 1.06 bits per heavy atom. The Bertz CT molecular complexity index is 1070. The van der Waals surface area contributed by atoms with Gasteiger partial charge in [0.05, 0.1) is 5.75 Å². The minimum Gasteiger partial charge on any atom is -0.353 e. The standard InChI is InChI=1S/C23H29N7OS/c1-16(2)22-25-18(4)13-20(26-22)28-9-11-29(12-10-28)21(31)14-32-23-27-24-15-30(23)19-7-5-17(3)6-8-19/h5-8,13,15-16H,9-12,14H2,1-4H3. The van der Waals surface area contributed by atoms with Crippen LogP contribution in [0.1, 0.15) is 36.8 Å². The second kappa shape index (κ2) is 9.68. The SMILES string of the molecule is Cc1ccc(-n2cnnc2SCC(=O)N2CCN(c3cc(C)nc(C(C)C)n3)CC2)cc1. The van der Waals surface area contributed by atoms with Crippen molar-refractivity contribution in [3.05, 3.63) is 53.7 Å². The van der Waals surface area contributed by atoms with Crippen molar-refractivity contribution in [2.24, 2.45) is 0 Å². The Labute approximate surface area is 193 Å². The van der Waals surface area contributed by atoms with E-state index in [4.69, 9.17) is 4.98 Å². The maximum Gasteiger partial charge on any atom is 0.233 e. The van der Waals surface area contributed by atoms with Gasteiger partial charge in [-0.15, -0.1) is 10.2 Å². The molecule has 1 amide bonds. The van der Waals surface area contributed by atoms with Crippen LogP contribution in [0.4, 0.5) is 5.82 Å². The number of thioether (sulfide) groups is 1. The van der Waals surface area contributed by atoms with Gasteiger partial charge in [-0.25, -0.2) is 9.97 Å². The van der Waals surface area contributed by atoms with Gasteiger partial charge in [-0.05, 0) is 26.0 Å². The zero-order valence-corrected chi connectivity index (χ0v) is 19.8. The van der Waals surface area contributed by atoms with E-state index in [0.29, 0.717) is 18.8 Å². The minimum atomic E-state index is 0.120. The number of nitrogens with zero attached hydrogens (tertiary/aromatic N) is 7. The van der Waals surface area contributed by atoms with Crippen molar-refractivity contribution in [2.75, 3.05) is 36.8 Å². The summed E-state index contributed by atoms with van der Waals surface area (Å²) in [7, 11) is 0. The molecule has 3 heterocycles. The summed E-state index contributed by atoms with van der Waals surface area (Å²) >= 11 is 1.42. The molecule has 1 aromatic carbocycles. The number of anilines is 1. The van der Waals surface area contributed by atoms with E-state index in [1.165, 1.54) is 17.3 Å². The van der Waals surface area contributed by atoms with Crippen LogP contribution in [0.5, 0.6) is 0 Å². The molecule has 1 saturated heterocycles. The van der Waals surface area contributed by atoms with Crippen molar-refractivity contribution in [2.45, 2.75) is 38.8 Å². The number of aromatic nitrogens is 5. The maximum absolute atomic E-state index is 12.8. The highest BCUT2D eigenvalue weighted by Gasteiger charge is 2.23. The molecule has 0 N–H and O–H groups in total. The summed E-state index contributed by atoms with van der Waals surface area (Å²) in [6.45, 7) is 11.2. The molecule has 168 valence electrons. The molecule has 0 saturated carbocycles. The average molecular weight is 452 g/mol. The molecule has 32 heavy (non-hydrogen) atoms. The van der Waals surface area contributed by atoms with Gasteiger partial charge < -0.3 is 9.80 Å². The number of rotatable bonds is 6. The van der Waals surface area contributed by atoms with E-state index < -0.39 is 0 Å². The van der Waals surface area contributed by atoms with Crippen LogP contribution in [0.3, 0.4) is 0 Å². The van der Waals surface area contributed by atoms with E-state index >= 15 is 0 Å². The summed E-state index contributed by atoms with van der Waals surface area (Å²) in [6.07, 6.45) is 1.69. The van der Waals surface area contributed by atoms with Crippen LogP contribution < -0.4 is 4.90 Å². The molecule has 0 spiro atoms. The molecular formula is C23H29N7OS. The predicted octanol–water partition coefficient (Wildman–Crippen LogP) is 3.24. The average Bonchev–Trinajstić information content (AvgIpc) is 3.26. The van der Waals surface area contributed by atoms with Crippen molar-refractivity contribution in [3.8, 4) is 5.69 Å². The Balaban J connectivity index is 1.33. The lowest BCUT2D eigenvalue weighted by atomic mass is 10.2. The molecule has 3 aromatic rings. The molecule has 0 unspecified atom stereocenters. The lowest BCUT2D eigenvalue weighted by molar-refractivity contribution is -0.128. The normalized spacial score (nSPS) is 14.3. The molecule has 0 radical (unpaired) electrons. The summed E-state index contributed by atoms with van der Waals surface area (Å²) in [5.74, 6) is 2.57. The smallest absolute Gasteiger partial charge is 0.233 e. The number of amides is 1. The molecule has 2 aromatic heterocycles. The fourth-order valence-corrected chi connectivity index (χ4v) is 4.43. The van der Waals surface area contributed by atoms with Crippen LogP contribution in [-0.2, 0) is 4.79 Å². The molecule has 1 aliphatic rings. The van der Waals surface area contributed by atoms with Gasteiger partial charge in [-0.2, -0.15) is 0 Å². The van der Waals surface area contributed by atoms with Crippen LogP contribution in [0.25, 0.3) is 5.69 Å². The van der Waals surface area contributed by atoms with Crippen molar-refractivity contribution < 1.29 is 4.79 Å². The van der Waals surface area contributed by atoms with Gasteiger partial charge in [0.2, 0.25) is 5.91 Å². The summed E-state index contributed by atoms with van der Waals surface area (Å²) in [4.78, 5) is 26.3. The maximum atomic E-state index is 12.8. The molecule has 9 heteroatoms. The molecule has 0 aliphatic carbocycles. The highest BCUT2D eigenvalue weighted by molar-refractivity contribution is 7.99. The molecule has 4 rings (SSSR count). The quantitative estimate of drug-likeness (QED) is 0.532. The van der Waals surface area contributed by atoms with Crippen molar-refractivity contribution in [1.82, 2.24) is 29.6 Å². The highest BCUT2D eigenvalue weighted by Crippen LogP contribution is 2.22. The first-order valence-electron chi connectivity index (χ1n) is 10.9. The third kappa shape index (κ3) is 5.09. The second-order valence-electron chi connectivity index (χ2n) is 8.36. The fourth-order valence-electron chi connectivity index (χ4n) is 3.60. The molecule has 8 nitrogen and oxygen atoms in total. The number of carbonyl (C=O) groups is 1. The first-order valence-corrected chi connectivity index (χ1v) is 11.9. The summed E-state index contributed by atoms with van der Waals surface area (Å²) in [5, 5.41) is 8.95. The number of piperazine rings is 1. The third-order valence-electron chi connectivity index (χ3n) is 5.48. The van der Waals surface area contributed by atoms with Crippen LogP contribution >= 0.6 is 11.8 Å². The first-order chi connectivity index (χ1) is 15.4. The third-order valence-corrected chi connectivity index (χ3v) is 6.41. The first kappa shape index (κ1) is 22.3. The van der Waals surface area contributed by atoms with E-state index in [2.05, 4.69) is 53.0 Å². The zero-order valence-electron chi connectivity index (χ0n) is 19.0. The lowest BCUT2D eigenvalue weighted by Crippen LogP contribution is -2.49. The monoisotopic (exact) mass is 451 g/mol. The van der Waals surface area contributed by atoms with Crippen molar-refractivity contribution >= 4 is 23.5 Å². The van der Waals surface area contributed by atoms with Crippen LogP contribution in [0.2, 0.25) is 0 Å². The fraction of sp³-hybridized carbons (Fsp3) is 0.435. The van der Waals surface area contributed by atoms with Gasteiger partial charge in [0.25, 0.3) is 0 Å². The van der Waals surface area contributed by atoms with Gasteiger partial charge in [0, 0.05) is 49.5 Å². The Morgan fingerprint density at radius 3 is 2.47 bits per heavy atom. The van der Waals surface area contributed by atoms with Gasteiger partial charge in [-0.1, -0.05) is 43.3 Å². The van der Waals surface area contributed by atoms with Crippen molar-refractivity contribution in [1.29, 1.82) is 0 Å². The van der Waals surface area contributed by atoms with E-state index in [9.17, 15) is 4.79 Å². The van der Waals surface area contributed by atoms with Gasteiger partial charge in [0.1, 0.15) is 18.0 Å². The van der Waals surface area contributed by atoms with E-state index in [0.717, 1.165) is 41.3 Å². The van der Waals surface area contributed by atoms with Crippen LogP contribution in [-0.4, -0.2) is 67.5 Å². The summed E-state index contributed by atoms with van der Waals surface area (Å²) in [6, 6.07) is 10.2. The minimum absolute atomic E-state index is 0.120. The number of benzene rings is 1. The van der Waals surface area contributed by atoms with E-state index in [-0.39, 0.29) is 11.8 Å².